The number of carboxylic acid groups (broad SMARTS) is 1. The summed E-state index contributed by atoms with van der Waals surface area (Å²) in [6, 6.07) is 7.55. The van der Waals surface area contributed by atoms with Crippen LogP contribution in [-0.2, 0) is 11.3 Å². The number of nitrogens with zero attached hydrogens (tertiary/aromatic N) is 2. The van der Waals surface area contributed by atoms with Crippen LogP contribution in [0, 0.1) is 6.92 Å². The van der Waals surface area contributed by atoms with Gasteiger partial charge in [0, 0.05) is 12.7 Å². The summed E-state index contributed by atoms with van der Waals surface area (Å²) in [4.78, 5) is 23.9. The fourth-order valence-corrected chi connectivity index (χ4v) is 2.32. The molecule has 0 aliphatic rings. The first-order valence-electron chi connectivity index (χ1n) is 7.65. The van der Waals surface area contributed by atoms with Crippen molar-refractivity contribution in [2.75, 3.05) is 0 Å². The normalized spacial score (nSPS) is 11.9. The zero-order chi connectivity index (χ0) is 16.8. The van der Waals surface area contributed by atoms with E-state index in [1.165, 1.54) is 0 Å². The zero-order valence-electron chi connectivity index (χ0n) is 13.3. The summed E-state index contributed by atoms with van der Waals surface area (Å²) in [5.74, 6) is -1.53. The molecule has 2 rings (SSSR count). The molecular weight excluding hydrogens is 294 g/mol. The predicted octanol–water partition coefficient (Wildman–Crippen LogP) is 2.55. The van der Waals surface area contributed by atoms with Crippen molar-refractivity contribution >= 4 is 11.9 Å². The lowest BCUT2D eigenvalue weighted by atomic mass is 10.1. The molecule has 0 spiro atoms. The van der Waals surface area contributed by atoms with Gasteiger partial charge in [-0.1, -0.05) is 43.7 Å². The number of carbonyl (C=O) groups is 2. The standard InChI is InChI=1S/C17H21N3O3/c1-3-4-10-20-11-14(12(2)19-20)16(21)18-15(17(22)23)13-8-6-5-7-9-13/h5-9,11,15H,3-4,10H2,1-2H3,(H,18,21)(H,22,23)/t15-/m0/s1. The minimum Gasteiger partial charge on any atom is -0.479 e. The number of hydrogen-bond acceptors (Lipinski definition) is 3. The molecule has 2 N–H and O–H groups in total. The number of aliphatic carboxylic acids is 1. The Morgan fingerprint density at radius 2 is 2.00 bits per heavy atom. The first kappa shape index (κ1) is 16.7. The SMILES string of the molecule is CCCCn1cc(C(=O)N[C@H](C(=O)O)c2ccccc2)c(C)n1. The number of carbonyl (C=O) groups excluding carboxylic acids is 1. The minimum atomic E-state index is -1.10. The van der Waals surface area contributed by atoms with Crippen molar-refractivity contribution in [3.63, 3.8) is 0 Å². The van der Waals surface area contributed by atoms with Crippen molar-refractivity contribution in [3.8, 4) is 0 Å². The Morgan fingerprint density at radius 1 is 1.30 bits per heavy atom. The molecule has 1 heterocycles. The second-order valence-electron chi connectivity index (χ2n) is 5.40. The lowest BCUT2D eigenvalue weighted by Crippen LogP contribution is -2.33. The van der Waals surface area contributed by atoms with E-state index in [4.69, 9.17) is 0 Å². The fourth-order valence-electron chi connectivity index (χ4n) is 2.32. The summed E-state index contributed by atoms with van der Waals surface area (Å²) in [5.41, 5.74) is 1.53. The Kier molecular flexibility index (Phi) is 5.51. The summed E-state index contributed by atoms with van der Waals surface area (Å²) >= 11 is 0. The Bertz CT molecular complexity index is 680. The van der Waals surface area contributed by atoms with E-state index >= 15 is 0 Å². The summed E-state index contributed by atoms with van der Waals surface area (Å²) in [7, 11) is 0. The Hall–Kier alpha value is -2.63. The van der Waals surface area contributed by atoms with E-state index in [-0.39, 0.29) is 0 Å². The maximum atomic E-state index is 12.4. The monoisotopic (exact) mass is 315 g/mol. The summed E-state index contributed by atoms with van der Waals surface area (Å²) < 4.78 is 1.73. The number of aryl methyl sites for hydroxylation is 2. The van der Waals surface area contributed by atoms with Crippen LogP contribution < -0.4 is 5.32 Å². The third-order valence-electron chi connectivity index (χ3n) is 3.59. The molecule has 0 radical (unpaired) electrons. The number of aromatic nitrogens is 2. The van der Waals surface area contributed by atoms with Crippen molar-refractivity contribution in [3.05, 3.63) is 53.3 Å². The number of unbranched alkanes of at least 4 members (excludes halogenated alkanes) is 1. The van der Waals surface area contributed by atoms with Crippen LogP contribution >= 0.6 is 0 Å². The van der Waals surface area contributed by atoms with Gasteiger partial charge in [0.05, 0.1) is 11.3 Å². The van der Waals surface area contributed by atoms with Crippen LogP contribution in [0.1, 0.15) is 47.4 Å². The molecule has 6 nitrogen and oxygen atoms in total. The molecule has 0 fully saturated rings. The molecule has 2 aromatic rings. The second-order valence-corrected chi connectivity index (χ2v) is 5.40. The quantitative estimate of drug-likeness (QED) is 0.822. The largest absolute Gasteiger partial charge is 0.479 e. The maximum Gasteiger partial charge on any atom is 0.330 e. The van der Waals surface area contributed by atoms with Gasteiger partial charge >= 0.3 is 5.97 Å². The molecule has 1 aromatic heterocycles. The summed E-state index contributed by atoms with van der Waals surface area (Å²) in [6.07, 6.45) is 3.68. The topological polar surface area (TPSA) is 84.2 Å². The first-order valence-corrected chi connectivity index (χ1v) is 7.65. The van der Waals surface area contributed by atoms with E-state index in [1.807, 2.05) is 0 Å². The smallest absolute Gasteiger partial charge is 0.330 e. The fraction of sp³-hybridized carbons (Fsp3) is 0.353. The van der Waals surface area contributed by atoms with Gasteiger partial charge in [-0.3, -0.25) is 9.48 Å². The number of carboxylic acids is 1. The van der Waals surface area contributed by atoms with Crippen LogP contribution in [0.5, 0.6) is 0 Å². The molecule has 0 saturated heterocycles. The summed E-state index contributed by atoms with van der Waals surface area (Å²) in [5, 5.41) is 16.2. The molecule has 0 unspecified atom stereocenters. The van der Waals surface area contributed by atoms with Gasteiger partial charge in [0.2, 0.25) is 0 Å². The van der Waals surface area contributed by atoms with Gasteiger partial charge < -0.3 is 10.4 Å². The van der Waals surface area contributed by atoms with Gasteiger partial charge in [-0.15, -0.1) is 0 Å². The molecule has 1 amide bonds. The van der Waals surface area contributed by atoms with Gasteiger partial charge in [-0.25, -0.2) is 4.79 Å². The third kappa shape index (κ3) is 4.18. The molecule has 122 valence electrons. The lowest BCUT2D eigenvalue weighted by Gasteiger charge is -2.14. The average molecular weight is 315 g/mol. The van der Waals surface area contributed by atoms with E-state index in [2.05, 4.69) is 17.3 Å². The van der Waals surface area contributed by atoms with Crippen LogP contribution in [0.4, 0.5) is 0 Å². The molecular formula is C17H21N3O3. The summed E-state index contributed by atoms with van der Waals surface area (Å²) in [6.45, 7) is 4.57. The lowest BCUT2D eigenvalue weighted by molar-refractivity contribution is -0.139. The van der Waals surface area contributed by atoms with Gasteiger partial charge in [0.15, 0.2) is 6.04 Å². The number of benzene rings is 1. The van der Waals surface area contributed by atoms with Crippen molar-refractivity contribution in [1.82, 2.24) is 15.1 Å². The minimum absolute atomic E-state index is 0.406. The first-order chi connectivity index (χ1) is 11.0. The highest BCUT2D eigenvalue weighted by atomic mass is 16.4. The average Bonchev–Trinajstić information content (AvgIpc) is 2.92. The number of amides is 1. The van der Waals surface area contributed by atoms with Crippen LogP contribution in [0.15, 0.2) is 36.5 Å². The van der Waals surface area contributed by atoms with Gasteiger partial charge in [0.25, 0.3) is 5.91 Å². The van der Waals surface area contributed by atoms with E-state index in [0.717, 1.165) is 19.4 Å². The highest BCUT2D eigenvalue weighted by Crippen LogP contribution is 2.15. The van der Waals surface area contributed by atoms with E-state index < -0.39 is 17.9 Å². The highest BCUT2D eigenvalue weighted by Gasteiger charge is 2.24. The van der Waals surface area contributed by atoms with E-state index in [0.29, 0.717) is 16.8 Å². The molecule has 0 aliphatic carbocycles. The number of nitrogens with one attached hydrogen (secondary N) is 1. The third-order valence-corrected chi connectivity index (χ3v) is 3.59. The van der Waals surface area contributed by atoms with Crippen LogP contribution in [0.3, 0.4) is 0 Å². The maximum absolute atomic E-state index is 12.4. The highest BCUT2D eigenvalue weighted by molar-refractivity contribution is 5.97. The van der Waals surface area contributed by atoms with Crippen LogP contribution in [0.2, 0.25) is 0 Å². The van der Waals surface area contributed by atoms with Gasteiger partial charge in [-0.05, 0) is 18.9 Å². The second kappa shape index (κ2) is 7.58. The Labute approximate surface area is 135 Å². The molecule has 6 heteroatoms. The van der Waals surface area contributed by atoms with Crippen LogP contribution in [0.25, 0.3) is 0 Å². The van der Waals surface area contributed by atoms with Crippen molar-refractivity contribution in [2.45, 2.75) is 39.3 Å². The van der Waals surface area contributed by atoms with Crippen molar-refractivity contribution in [1.29, 1.82) is 0 Å². The Morgan fingerprint density at radius 3 is 2.61 bits per heavy atom. The molecule has 0 aliphatic heterocycles. The predicted molar refractivity (Wildman–Crippen MR) is 86.2 cm³/mol. The molecule has 23 heavy (non-hydrogen) atoms. The van der Waals surface area contributed by atoms with Crippen molar-refractivity contribution < 1.29 is 14.7 Å². The zero-order valence-corrected chi connectivity index (χ0v) is 13.3. The number of rotatable bonds is 7. The molecule has 1 atom stereocenters. The molecule has 0 saturated carbocycles. The number of hydrogen-bond donors (Lipinski definition) is 2. The van der Waals surface area contributed by atoms with Crippen molar-refractivity contribution in [2.24, 2.45) is 0 Å². The molecule has 1 aromatic carbocycles. The van der Waals surface area contributed by atoms with Gasteiger partial charge in [-0.2, -0.15) is 5.10 Å². The van der Waals surface area contributed by atoms with E-state index in [1.54, 1.807) is 48.1 Å². The molecule has 0 bridgehead atoms. The van der Waals surface area contributed by atoms with E-state index in [9.17, 15) is 14.7 Å². The van der Waals surface area contributed by atoms with Crippen LogP contribution in [-0.4, -0.2) is 26.8 Å². The Balaban J connectivity index is 2.16. The van der Waals surface area contributed by atoms with Gasteiger partial charge in [0.1, 0.15) is 0 Å².